The maximum absolute atomic E-state index is 11.9. The monoisotopic (exact) mass is 285 g/mol. The minimum absolute atomic E-state index is 0.00323. The molecule has 1 rings (SSSR count). The number of hydrogen-bond donors (Lipinski definition) is 1. The van der Waals surface area contributed by atoms with E-state index in [1.165, 1.54) is 14.2 Å². The van der Waals surface area contributed by atoms with Crippen molar-refractivity contribution in [3.63, 3.8) is 0 Å². The molecule has 1 unspecified atom stereocenters. The van der Waals surface area contributed by atoms with Gasteiger partial charge in [0, 0.05) is 12.1 Å². The van der Waals surface area contributed by atoms with Crippen molar-refractivity contribution in [2.45, 2.75) is 12.3 Å². The number of aryl methyl sites for hydroxylation is 1. The van der Waals surface area contributed by atoms with Crippen LogP contribution in [0.25, 0.3) is 0 Å². The van der Waals surface area contributed by atoms with Gasteiger partial charge in [0.05, 0.1) is 14.2 Å². The van der Waals surface area contributed by atoms with Crippen LogP contribution in [0.4, 0.5) is 0 Å². The number of halogens is 1. The highest BCUT2D eigenvalue weighted by molar-refractivity contribution is 6.30. The Morgan fingerprint density at radius 3 is 2.63 bits per heavy atom. The van der Waals surface area contributed by atoms with Crippen LogP contribution in [0.5, 0.6) is 5.75 Å². The molecule has 0 aliphatic rings. The first kappa shape index (κ1) is 15.3. The van der Waals surface area contributed by atoms with E-state index >= 15 is 0 Å². The van der Waals surface area contributed by atoms with Crippen molar-refractivity contribution in [3.05, 3.63) is 29.3 Å². The summed E-state index contributed by atoms with van der Waals surface area (Å²) in [4.78, 5) is 22.9. The molecule has 1 aromatic rings. The maximum Gasteiger partial charge on any atom is 0.325 e. The Balaban J connectivity index is 2.66. The molecule has 0 radical (unpaired) electrons. The topological polar surface area (TPSA) is 64.6 Å². The molecule has 0 aromatic heterocycles. The van der Waals surface area contributed by atoms with Crippen LogP contribution in [0.1, 0.15) is 15.9 Å². The van der Waals surface area contributed by atoms with Crippen molar-refractivity contribution in [2.75, 3.05) is 20.8 Å². The lowest BCUT2D eigenvalue weighted by Crippen LogP contribution is -2.34. The van der Waals surface area contributed by atoms with E-state index in [9.17, 15) is 9.59 Å². The molecule has 1 atom stereocenters. The second kappa shape index (κ2) is 6.99. The van der Waals surface area contributed by atoms with Gasteiger partial charge in [-0.15, -0.1) is 11.6 Å². The lowest BCUT2D eigenvalue weighted by molar-refractivity contribution is -0.140. The number of carbonyl (C=O) groups excluding carboxylic acids is 2. The Labute approximate surface area is 116 Å². The number of esters is 1. The smallest absolute Gasteiger partial charge is 0.325 e. The summed E-state index contributed by atoms with van der Waals surface area (Å²) in [6.07, 6.45) is 0. The van der Waals surface area contributed by atoms with Gasteiger partial charge in [0.25, 0.3) is 5.91 Å². The molecule has 0 aliphatic carbocycles. The van der Waals surface area contributed by atoms with Gasteiger partial charge in [-0.05, 0) is 24.6 Å². The van der Waals surface area contributed by atoms with Crippen LogP contribution in [0, 0.1) is 6.92 Å². The molecule has 6 heteroatoms. The van der Waals surface area contributed by atoms with Crippen LogP contribution >= 0.6 is 11.6 Å². The second-order valence-corrected chi connectivity index (χ2v) is 4.41. The van der Waals surface area contributed by atoms with Gasteiger partial charge < -0.3 is 14.8 Å². The molecule has 0 aliphatic heterocycles. The Hall–Kier alpha value is -1.75. The molecule has 0 heterocycles. The third kappa shape index (κ3) is 4.13. The van der Waals surface area contributed by atoms with E-state index in [1.807, 2.05) is 6.92 Å². The zero-order chi connectivity index (χ0) is 14.4. The van der Waals surface area contributed by atoms with Crippen molar-refractivity contribution < 1.29 is 19.1 Å². The zero-order valence-electron chi connectivity index (χ0n) is 11.0. The molecule has 1 N–H and O–H groups in total. The fourth-order valence-electron chi connectivity index (χ4n) is 1.46. The van der Waals surface area contributed by atoms with Gasteiger partial charge in [-0.3, -0.25) is 9.59 Å². The van der Waals surface area contributed by atoms with E-state index in [0.29, 0.717) is 11.3 Å². The Bertz CT molecular complexity index is 476. The van der Waals surface area contributed by atoms with Gasteiger partial charge in [0.2, 0.25) is 0 Å². The predicted molar refractivity (Wildman–Crippen MR) is 71.7 cm³/mol. The van der Waals surface area contributed by atoms with E-state index in [4.69, 9.17) is 16.3 Å². The molecule has 0 spiro atoms. The highest BCUT2D eigenvalue weighted by Crippen LogP contribution is 2.18. The molecular weight excluding hydrogens is 270 g/mol. The number of benzene rings is 1. The SMILES string of the molecule is COC(=O)C(Cl)CNC(=O)c1ccc(C)c(OC)c1. The first-order valence-electron chi connectivity index (χ1n) is 5.64. The largest absolute Gasteiger partial charge is 0.496 e. The number of rotatable bonds is 5. The van der Waals surface area contributed by atoms with Crippen molar-refractivity contribution in [1.82, 2.24) is 5.32 Å². The fourth-order valence-corrected chi connectivity index (χ4v) is 1.62. The summed E-state index contributed by atoms with van der Waals surface area (Å²) in [5, 5.41) is 1.66. The normalized spacial score (nSPS) is 11.6. The van der Waals surface area contributed by atoms with Gasteiger partial charge in [0.1, 0.15) is 11.1 Å². The van der Waals surface area contributed by atoms with Crippen LogP contribution in [-0.2, 0) is 9.53 Å². The first-order valence-corrected chi connectivity index (χ1v) is 6.08. The predicted octanol–water partition coefficient (Wildman–Crippen LogP) is 1.51. The van der Waals surface area contributed by atoms with E-state index in [0.717, 1.165) is 5.56 Å². The van der Waals surface area contributed by atoms with Crippen LogP contribution in [-0.4, -0.2) is 38.0 Å². The van der Waals surface area contributed by atoms with Gasteiger partial charge in [-0.2, -0.15) is 0 Å². The third-order valence-corrected chi connectivity index (χ3v) is 2.90. The molecule has 5 nitrogen and oxygen atoms in total. The summed E-state index contributed by atoms with van der Waals surface area (Å²) in [7, 11) is 2.78. The number of ether oxygens (including phenoxy) is 2. The highest BCUT2D eigenvalue weighted by Gasteiger charge is 2.17. The Morgan fingerprint density at radius 1 is 1.37 bits per heavy atom. The Morgan fingerprint density at radius 2 is 2.05 bits per heavy atom. The minimum atomic E-state index is -0.902. The standard InChI is InChI=1S/C13H16ClNO4/c1-8-4-5-9(6-11(8)18-2)12(16)15-7-10(14)13(17)19-3/h4-6,10H,7H2,1-3H3,(H,15,16). The van der Waals surface area contributed by atoms with E-state index in [2.05, 4.69) is 10.1 Å². The number of amides is 1. The van der Waals surface area contributed by atoms with E-state index in [1.54, 1.807) is 18.2 Å². The van der Waals surface area contributed by atoms with Gasteiger partial charge in [-0.25, -0.2) is 0 Å². The molecule has 0 saturated heterocycles. The van der Waals surface area contributed by atoms with Gasteiger partial charge in [-0.1, -0.05) is 6.07 Å². The molecule has 104 valence electrons. The van der Waals surface area contributed by atoms with Gasteiger partial charge >= 0.3 is 5.97 Å². The van der Waals surface area contributed by atoms with Crippen molar-refractivity contribution in [1.29, 1.82) is 0 Å². The van der Waals surface area contributed by atoms with Crippen molar-refractivity contribution in [3.8, 4) is 5.75 Å². The summed E-state index contributed by atoms with van der Waals surface area (Å²) in [6.45, 7) is 1.88. The van der Waals surface area contributed by atoms with E-state index < -0.39 is 11.3 Å². The average Bonchev–Trinajstić information content (AvgIpc) is 2.43. The lowest BCUT2D eigenvalue weighted by Gasteiger charge is -2.10. The zero-order valence-corrected chi connectivity index (χ0v) is 11.8. The fraction of sp³-hybridized carbons (Fsp3) is 0.385. The van der Waals surface area contributed by atoms with Crippen LogP contribution in [0.15, 0.2) is 18.2 Å². The van der Waals surface area contributed by atoms with Crippen LogP contribution < -0.4 is 10.1 Å². The summed E-state index contributed by atoms with van der Waals surface area (Å²) in [5.74, 6) is -0.278. The quantitative estimate of drug-likeness (QED) is 0.658. The lowest BCUT2D eigenvalue weighted by atomic mass is 10.1. The minimum Gasteiger partial charge on any atom is -0.496 e. The molecule has 19 heavy (non-hydrogen) atoms. The molecular formula is C13H16ClNO4. The van der Waals surface area contributed by atoms with E-state index in [-0.39, 0.29) is 12.5 Å². The summed E-state index contributed by atoms with van der Waals surface area (Å²) >= 11 is 5.73. The highest BCUT2D eigenvalue weighted by atomic mass is 35.5. The molecule has 1 amide bonds. The Kier molecular flexibility index (Phi) is 5.63. The van der Waals surface area contributed by atoms with Crippen molar-refractivity contribution >= 4 is 23.5 Å². The molecule has 1 aromatic carbocycles. The summed E-state index contributed by atoms with van der Waals surface area (Å²) < 4.78 is 9.60. The van der Waals surface area contributed by atoms with Gasteiger partial charge in [0.15, 0.2) is 0 Å². The van der Waals surface area contributed by atoms with Crippen LogP contribution in [0.2, 0.25) is 0 Å². The summed E-state index contributed by atoms with van der Waals surface area (Å²) in [6, 6.07) is 5.09. The number of hydrogen-bond acceptors (Lipinski definition) is 4. The molecule has 0 fully saturated rings. The van der Waals surface area contributed by atoms with Crippen molar-refractivity contribution in [2.24, 2.45) is 0 Å². The first-order chi connectivity index (χ1) is 8.99. The third-order valence-electron chi connectivity index (χ3n) is 2.57. The maximum atomic E-state index is 11.9. The summed E-state index contributed by atoms with van der Waals surface area (Å²) in [5.41, 5.74) is 1.38. The van der Waals surface area contributed by atoms with Crippen LogP contribution in [0.3, 0.4) is 0 Å². The molecule has 0 bridgehead atoms. The average molecular weight is 286 g/mol. The number of alkyl halides is 1. The second-order valence-electron chi connectivity index (χ2n) is 3.89. The number of nitrogens with one attached hydrogen (secondary N) is 1. The number of carbonyl (C=O) groups is 2. The molecule has 0 saturated carbocycles. The number of methoxy groups -OCH3 is 2.